The first-order chi connectivity index (χ1) is 7.08. The van der Waals surface area contributed by atoms with E-state index in [0.29, 0.717) is 0 Å². The summed E-state index contributed by atoms with van der Waals surface area (Å²) in [5.41, 5.74) is 1.20. The molecule has 2 heterocycles. The van der Waals surface area contributed by atoms with E-state index in [1.165, 1.54) is 5.56 Å². The molecule has 1 aromatic rings. The lowest BCUT2D eigenvalue weighted by Crippen LogP contribution is -2.21. The molecule has 2 unspecified atom stereocenters. The molecule has 0 amide bonds. The van der Waals surface area contributed by atoms with Crippen molar-refractivity contribution in [3.05, 3.63) is 22.3 Å². The predicted octanol–water partition coefficient (Wildman–Crippen LogP) is 3.24. The zero-order valence-electron chi connectivity index (χ0n) is 9.50. The molecule has 15 heavy (non-hydrogen) atoms. The second kappa shape index (κ2) is 4.12. The van der Waals surface area contributed by atoms with E-state index in [4.69, 9.17) is 0 Å². The molecular weight excluding hydrogens is 252 g/mol. The smallest absolute Gasteiger partial charge is 0.142 e. The molecule has 0 aliphatic carbocycles. The lowest BCUT2D eigenvalue weighted by molar-refractivity contribution is 0.494. The molecule has 2 rings (SSSR count). The maximum absolute atomic E-state index is 4.51. The van der Waals surface area contributed by atoms with E-state index in [1.807, 2.05) is 6.20 Å². The van der Waals surface area contributed by atoms with Gasteiger partial charge in [0.15, 0.2) is 0 Å². The Morgan fingerprint density at radius 2 is 1.93 bits per heavy atom. The van der Waals surface area contributed by atoms with Crippen LogP contribution in [-0.2, 0) is 0 Å². The Morgan fingerprint density at radius 1 is 1.33 bits per heavy atom. The van der Waals surface area contributed by atoms with Crippen molar-refractivity contribution in [3.8, 4) is 0 Å². The van der Waals surface area contributed by atoms with Gasteiger partial charge in [-0.3, -0.25) is 0 Å². The second-order valence-corrected chi connectivity index (χ2v) is 5.53. The molecule has 0 spiro atoms. The van der Waals surface area contributed by atoms with Crippen molar-refractivity contribution in [2.45, 2.75) is 20.8 Å². The molecular formula is C12H17BrN2. The highest BCUT2D eigenvalue weighted by Crippen LogP contribution is 2.31. The molecule has 2 nitrogen and oxygen atoms in total. The molecule has 82 valence electrons. The fourth-order valence-electron chi connectivity index (χ4n) is 2.06. The van der Waals surface area contributed by atoms with Crippen molar-refractivity contribution in [1.29, 1.82) is 0 Å². The maximum Gasteiger partial charge on any atom is 0.142 e. The number of hydrogen-bond acceptors (Lipinski definition) is 2. The highest BCUT2D eigenvalue weighted by molar-refractivity contribution is 9.10. The highest BCUT2D eigenvalue weighted by atomic mass is 79.9. The molecule has 0 saturated carbocycles. The van der Waals surface area contributed by atoms with Gasteiger partial charge in [0.2, 0.25) is 0 Å². The van der Waals surface area contributed by atoms with Gasteiger partial charge in [-0.15, -0.1) is 0 Å². The number of halogens is 1. The van der Waals surface area contributed by atoms with Gasteiger partial charge < -0.3 is 4.90 Å². The summed E-state index contributed by atoms with van der Waals surface area (Å²) in [5.74, 6) is 2.62. The van der Waals surface area contributed by atoms with E-state index >= 15 is 0 Å². The Labute approximate surface area is 99.8 Å². The summed E-state index contributed by atoms with van der Waals surface area (Å²) in [6, 6.07) is 2.13. The minimum Gasteiger partial charge on any atom is -0.355 e. The van der Waals surface area contributed by atoms with Crippen LogP contribution in [-0.4, -0.2) is 18.1 Å². The second-order valence-electron chi connectivity index (χ2n) is 4.68. The first kappa shape index (κ1) is 10.9. The zero-order valence-corrected chi connectivity index (χ0v) is 11.1. The average Bonchev–Trinajstić information content (AvgIpc) is 2.46. The van der Waals surface area contributed by atoms with Crippen LogP contribution in [0.2, 0.25) is 0 Å². The Morgan fingerprint density at radius 3 is 2.47 bits per heavy atom. The Hall–Kier alpha value is -0.570. The van der Waals surface area contributed by atoms with Crippen molar-refractivity contribution in [3.63, 3.8) is 0 Å². The maximum atomic E-state index is 4.51. The third-order valence-corrected chi connectivity index (χ3v) is 3.83. The lowest BCUT2D eigenvalue weighted by atomic mass is 10.0. The SMILES string of the molecule is Cc1cnc(N2CC(C)C(C)C2)c(Br)c1. The van der Waals surface area contributed by atoms with Gasteiger partial charge in [-0.2, -0.15) is 0 Å². The summed E-state index contributed by atoms with van der Waals surface area (Å²) in [6.07, 6.45) is 1.94. The molecule has 0 N–H and O–H groups in total. The van der Waals surface area contributed by atoms with E-state index in [0.717, 1.165) is 35.2 Å². The Kier molecular flexibility index (Phi) is 3.01. The van der Waals surface area contributed by atoms with Crippen LogP contribution >= 0.6 is 15.9 Å². The zero-order chi connectivity index (χ0) is 11.0. The van der Waals surface area contributed by atoms with E-state index in [-0.39, 0.29) is 0 Å². The van der Waals surface area contributed by atoms with Crippen molar-refractivity contribution in [1.82, 2.24) is 4.98 Å². The predicted molar refractivity (Wildman–Crippen MR) is 67.2 cm³/mol. The van der Waals surface area contributed by atoms with Crippen LogP contribution in [0.4, 0.5) is 5.82 Å². The quantitative estimate of drug-likeness (QED) is 0.778. The van der Waals surface area contributed by atoms with Gasteiger partial charge in [0, 0.05) is 19.3 Å². The number of rotatable bonds is 1. The molecule has 1 aliphatic rings. The van der Waals surface area contributed by atoms with Crippen LogP contribution in [0.1, 0.15) is 19.4 Å². The minimum atomic E-state index is 0.764. The van der Waals surface area contributed by atoms with Gasteiger partial charge in [0.25, 0.3) is 0 Å². The Bertz CT molecular complexity index is 355. The normalized spacial score (nSPS) is 26.0. The van der Waals surface area contributed by atoms with E-state index in [1.54, 1.807) is 0 Å². The fraction of sp³-hybridized carbons (Fsp3) is 0.583. The van der Waals surface area contributed by atoms with Crippen molar-refractivity contribution in [2.24, 2.45) is 11.8 Å². The summed E-state index contributed by atoms with van der Waals surface area (Å²) in [4.78, 5) is 6.88. The molecule has 1 aliphatic heterocycles. The van der Waals surface area contributed by atoms with Crippen LogP contribution in [0.5, 0.6) is 0 Å². The number of aryl methyl sites for hydroxylation is 1. The molecule has 0 radical (unpaired) electrons. The van der Waals surface area contributed by atoms with E-state index in [2.05, 4.69) is 52.7 Å². The summed E-state index contributed by atoms with van der Waals surface area (Å²) in [6.45, 7) is 8.93. The van der Waals surface area contributed by atoms with Crippen LogP contribution < -0.4 is 4.90 Å². The number of pyridine rings is 1. The molecule has 1 saturated heterocycles. The van der Waals surface area contributed by atoms with Crippen LogP contribution in [0.15, 0.2) is 16.7 Å². The lowest BCUT2D eigenvalue weighted by Gasteiger charge is -2.18. The van der Waals surface area contributed by atoms with Crippen LogP contribution in [0, 0.1) is 18.8 Å². The largest absolute Gasteiger partial charge is 0.355 e. The fourth-order valence-corrected chi connectivity index (χ4v) is 2.78. The average molecular weight is 269 g/mol. The monoisotopic (exact) mass is 268 g/mol. The third kappa shape index (κ3) is 2.17. The van der Waals surface area contributed by atoms with Gasteiger partial charge in [-0.05, 0) is 46.3 Å². The molecule has 0 bridgehead atoms. The highest BCUT2D eigenvalue weighted by Gasteiger charge is 2.27. The number of aromatic nitrogens is 1. The molecule has 2 atom stereocenters. The van der Waals surface area contributed by atoms with Crippen molar-refractivity contribution in [2.75, 3.05) is 18.0 Å². The summed E-state index contributed by atoms with van der Waals surface area (Å²) < 4.78 is 1.11. The van der Waals surface area contributed by atoms with Crippen LogP contribution in [0.3, 0.4) is 0 Å². The molecule has 3 heteroatoms. The minimum absolute atomic E-state index is 0.764. The van der Waals surface area contributed by atoms with Crippen molar-refractivity contribution < 1.29 is 0 Å². The molecule has 1 fully saturated rings. The number of hydrogen-bond donors (Lipinski definition) is 0. The summed E-state index contributed by atoms with van der Waals surface area (Å²) in [5, 5.41) is 0. The summed E-state index contributed by atoms with van der Waals surface area (Å²) >= 11 is 3.59. The van der Waals surface area contributed by atoms with E-state index < -0.39 is 0 Å². The Balaban J connectivity index is 2.24. The molecule has 0 aromatic carbocycles. The van der Waals surface area contributed by atoms with Gasteiger partial charge in [0.05, 0.1) is 4.47 Å². The topological polar surface area (TPSA) is 16.1 Å². The number of nitrogens with zero attached hydrogens (tertiary/aromatic N) is 2. The standard InChI is InChI=1S/C12H17BrN2/c1-8-4-11(13)12(14-5-8)15-6-9(2)10(3)7-15/h4-5,9-10H,6-7H2,1-3H3. The van der Waals surface area contributed by atoms with Gasteiger partial charge in [0.1, 0.15) is 5.82 Å². The van der Waals surface area contributed by atoms with Gasteiger partial charge >= 0.3 is 0 Å². The first-order valence-corrected chi connectivity index (χ1v) is 6.24. The summed E-state index contributed by atoms with van der Waals surface area (Å²) in [7, 11) is 0. The van der Waals surface area contributed by atoms with E-state index in [9.17, 15) is 0 Å². The van der Waals surface area contributed by atoms with Gasteiger partial charge in [-0.25, -0.2) is 4.98 Å². The van der Waals surface area contributed by atoms with Crippen LogP contribution in [0.25, 0.3) is 0 Å². The molecule has 1 aromatic heterocycles. The van der Waals surface area contributed by atoms with Crippen molar-refractivity contribution >= 4 is 21.7 Å². The first-order valence-electron chi connectivity index (χ1n) is 5.45. The third-order valence-electron chi connectivity index (χ3n) is 3.25. The number of anilines is 1. The van der Waals surface area contributed by atoms with Gasteiger partial charge in [-0.1, -0.05) is 13.8 Å².